The van der Waals surface area contributed by atoms with Crippen molar-refractivity contribution < 1.29 is 4.79 Å². The fraction of sp³-hybridized carbons (Fsp3) is 0.684. The Balaban J connectivity index is 0.00000225. The molecule has 2 fully saturated rings. The molecular weight excluding hydrogens is 378 g/mol. The van der Waals surface area contributed by atoms with Crippen LogP contribution in [0.2, 0.25) is 0 Å². The summed E-state index contributed by atoms with van der Waals surface area (Å²) in [5, 5.41) is 15.4. The van der Waals surface area contributed by atoms with Crippen LogP contribution in [0.5, 0.6) is 0 Å². The highest BCUT2D eigenvalue weighted by molar-refractivity contribution is 6.02. The molecule has 0 radical (unpaired) electrons. The average Bonchev–Trinajstić information content (AvgIpc) is 3.26. The first-order valence-corrected chi connectivity index (χ1v) is 9.86. The van der Waals surface area contributed by atoms with Gasteiger partial charge in [-0.2, -0.15) is 15.2 Å². The van der Waals surface area contributed by atoms with Gasteiger partial charge in [-0.1, -0.05) is 0 Å². The zero-order chi connectivity index (χ0) is 19.2. The van der Waals surface area contributed by atoms with Crippen LogP contribution in [0.1, 0.15) is 80.3 Å². The topological polar surface area (TPSA) is 89.7 Å². The van der Waals surface area contributed by atoms with Gasteiger partial charge in [0.25, 0.3) is 5.91 Å². The van der Waals surface area contributed by atoms with Crippen LogP contribution in [0.4, 0.5) is 5.95 Å². The molecule has 0 atom stereocenters. The number of piperidine rings is 1. The third kappa shape index (κ3) is 4.22. The number of amides is 1. The summed E-state index contributed by atoms with van der Waals surface area (Å²) in [6.07, 6.45) is 4.40. The average molecular weight is 408 g/mol. The van der Waals surface area contributed by atoms with E-state index in [0.717, 1.165) is 37.4 Å². The van der Waals surface area contributed by atoms with Gasteiger partial charge in [0.2, 0.25) is 5.95 Å². The van der Waals surface area contributed by atoms with Gasteiger partial charge in [-0.15, -0.1) is 12.4 Å². The molecule has 0 bridgehead atoms. The first kappa shape index (κ1) is 20.8. The Kier molecular flexibility index (Phi) is 5.82. The lowest BCUT2D eigenvalue weighted by Gasteiger charge is -2.22. The number of anilines is 1. The van der Waals surface area contributed by atoms with Crippen LogP contribution in [-0.2, 0) is 12.6 Å². The second-order valence-corrected chi connectivity index (χ2v) is 8.71. The van der Waals surface area contributed by atoms with Crippen LogP contribution in [0.15, 0.2) is 6.07 Å². The molecule has 2 aliphatic rings. The minimum absolute atomic E-state index is 0. The normalized spacial score (nSPS) is 18.0. The lowest BCUT2D eigenvalue weighted by Crippen LogP contribution is -2.27. The third-order valence-corrected chi connectivity index (χ3v) is 5.31. The summed E-state index contributed by atoms with van der Waals surface area (Å²) >= 11 is 0. The molecule has 2 N–H and O–H groups in total. The van der Waals surface area contributed by atoms with E-state index in [1.165, 1.54) is 12.8 Å². The maximum absolute atomic E-state index is 12.8. The molecule has 0 unspecified atom stereocenters. The molecule has 0 aromatic carbocycles. The van der Waals surface area contributed by atoms with Gasteiger partial charge in [-0.05, 0) is 65.6 Å². The van der Waals surface area contributed by atoms with Gasteiger partial charge in [0, 0.05) is 24.6 Å². The maximum Gasteiger partial charge on any atom is 0.278 e. The summed E-state index contributed by atoms with van der Waals surface area (Å²) in [6.45, 7) is 8.31. The molecular formula is C19H30ClN7O. The highest BCUT2D eigenvalue weighted by Gasteiger charge is 2.32. The van der Waals surface area contributed by atoms with Crippen molar-refractivity contribution in [2.45, 2.75) is 63.8 Å². The minimum Gasteiger partial charge on any atom is -0.317 e. The summed E-state index contributed by atoms with van der Waals surface area (Å²) in [5.74, 6) is 1.94. The molecule has 3 heterocycles. The second kappa shape index (κ2) is 7.83. The number of hydrogen-bond acceptors (Lipinski definition) is 5. The minimum atomic E-state index is -0.229. The van der Waals surface area contributed by atoms with Crippen molar-refractivity contribution >= 4 is 24.3 Å². The Labute approximate surface area is 171 Å². The van der Waals surface area contributed by atoms with Crippen molar-refractivity contribution in [3.8, 4) is 0 Å². The SMILES string of the molecule is Cl.Cn1nc(C2CCNCC2)nc1NC(=O)c1cc(C2CC2)n(C(C)(C)C)n1. The predicted molar refractivity (Wildman–Crippen MR) is 110 cm³/mol. The highest BCUT2D eigenvalue weighted by atomic mass is 35.5. The van der Waals surface area contributed by atoms with Crippen LogP contribution in [0.25, 0.3) is 0 Å². The van der Waals surface area contributed by atoms with Crippen LogP contribution in [0, 0.1) is 0 Å². The lowest BCUT2D eigenvalue weighted by atomic mass is 9.98. The van der Waals surface area contributed by atoms with E-state index in [-0.39, 0.29) is 23.9 Å². The van der Waals surface area contributed by atoms with E-state index in [9.17, 15) is 4.79 Å². The summed E-state index contributed by atoms with van der Waals surface area (Å²) in [4.78, 5) is 17.4. The molecule has 9 heteroatoms. The van der Waals surface area contributed by atoms with Crippen molar-refractivity contribution in [2.75, 3.05) is 18.4 Å². The summed E-state index contributed by atoms with van der Waals surface area (Å²) in [7, 11) is 1.82. The Morgan fingerprint density at radius 1 is 1.14 bits per heavy atom. The van der Waals surface area contributed by atoms with E-state index in [1.54, 1.807) is 4.68 Å². The van der Waals surface area contributed by atoms with Crippen LogP contribution in [0.3, 0.4) is 0 Å². The number of aryl methyl sites for hydroxylation is 1. The molecule has 1 aliphatic heterocycles. The molecule has 0 spiro atoms. The number of halogens is 1. The number of carbonyl (C=O) groups is 1. The van der Waals surface area contributed by atoms with Gasteiger partial charge in [-0.3, -0.25) is 14.8 Å². The van der Waals surface area contributed by atoms with E-state index in [1.807, 2.05) is 17.8 Å². The van der Waals surface area contributed by atoms with Crippen molar-refractivity contribution in [1.29, 1.82) is 0 Å². The van der Waals surface area contributed by atoms with Crippen molar-refractivity contribution in [3.63, 3.8) is 0 Å². The zero-order valence-electron chi connectivity index (χ0n) is 17.0. The van der Waals surface area contributed by atoms with Gasteiger partial charge in [0.15, 0.2) is 11.5 Å². The predicted octanol–water partition coefficient (Wildman–Crippen LogP) is 2.79. The first-order chi connectivity index (χ1) is 12.8. The molecule has 2 aromatic heterocycles. The number of hydrogen-bond donors (Lipinski definition) is 2. The largest absolute Gasteiger partial charge is 0.317 e. The molecule has 1 saturated heterocycles. The van der Waals surface area contributed by atoms with Gasteiger partial charge < -0.3 is 5.32 Å². The van der Waals surface area contributed by atoms with Gasteiger partial charge in [0.05, 0.1) is 5.54 Å². The quantitative estimate of drug-likeness (QED) is 0.813. The van der Waals surface area contributed by atoms with Gasteiger partial charge >= 0.3 is 0 Å². The lowest BCUT2D eigenvalue weighted by molar-refractivity contribution is 0.101. The Morgan fingerprint density at radius 2 is 1.82 bits per heavy atom. The first-order valence-electron chi connectivity index (χ1n) is 9.86. The molecule has 28 heavy (non-hydrogen) atoms. The van der Waals surface area contributed by atoms with E-state index in [4.69, 9.17) is 0 Å². The van der Waals surface area contributed by atoms with E-state index >= 15 is 0 Å². The highest BCUT2D eigenvalue weighted by Crippen LogP contribution is 2.41. The number of nitrogens with zero attached hydrogens (tertiary/aromatic N) is 5. The molecule has 154 valence electrons. The van der Waals surface area contributed by atoms with E-state index < -0.39 is 0 Å². The Morgan fingerprint density at radius 3 is 2.43 bits per heavy atom. The molecule has 8 nitrogen and oxygen atoms in total. The van der Waals surface area contributed by atoms with Crippen LogP contribution >= 0.6 is 12.4 Å². The van der Waals surface area contributed by atoms with E-state index in [2.05, 4.69) is 46.6 Å². The maximum atomic E-state index is 12.8. The zero-order valence-corrected chi connectivity index (χ0v) is 17.8. The fourth-order valence-corrected chi connectivity index (χ4v) is 3.65. The van der Waals surface area contributed by atoms with Gasteiger partial charge in [-0.25, -0.2) is 4.68 Å². The van der Waals surface area contributed by atoms with Crippen molar-refractivity contribution in [3.05, 3.63) is 23.3 Å². The van der Waals surface area contributed by atoms with Crippen LogP contribution < -0.4 is 10.6 Å². The standard InChI is InChI=1S/C19H29N7O.ClH/c1-19(2,3)26-15(12-5-6-12)11-14(23-26)17(27)22-18-21-16(24-25(18)4)13-7-9-20-10-8-13;/h11-13,20H,5-10H2,1-4H3,(H,21,22,24,27);1H. The fourth-order valence-electron chi connectivity index (χ4n) is 3.65. The Bertz CT molecular complexity index is 841. The number of rotatable bonds is 4. The third-order valence-electron chi connectivity index (χ3n) is 5.31. The number of nitrogens with one attached hydrogen (secondary N) is 2. The van der Waals surface area contributed by atoms with Crippen LogP contribution in [-0.4, -0.2) is 43.5 Å². The summed E-state index contributed by atoms with van der Waals surface area (Å²) in [6, 6.07) is 1.93. The van der Waals surface area contributed by atoms with Crippen molar-refractivity contribution in [2.24, 2.45) is 7.05 Å². The molecule has 1 amide bonds. The monoisotopic (exact) mass is 407 g/mol. The smallest absolute Gasteiger partial charge is 0.278 e. The summed E-state index contributed by atoms with van der Waals surface area (Å²) in [5.41, 5.74) is 1.45. The molecule has 1 saturated carbocycles. The molecule has 1 aliphatic carbocycles. The summed E-state index contributed by atoms with van der Waals surface area (Å²) < 4.78 is 3.65. The van der Waals surface area contributed by atoms with E-state index in [0.29, 0.717) is 23.5 Å². The number of carbonyl (C=O) groups excluding carboxylic acids is 1. The second-order valence-electron chi connectivity index (χ2n) is 8.71. The number of aromatic nitrogens is 5. The van der Waals surface area contributed by atoms with Gasteiger partial charge in [0.1, 0.15) is 0 Å². The molecule has 4 rings (SSSR count). The molecule has 2 aromatic rings. The Hall–Kier alpha value is -1.93. The van der Waals surface area contributed by atoms with Crippen molar-refractivity contribution in [1.82, 2.24) is 29.9 Å².